The summed E-state index contributed by atoms with van der Waals surface area (Å²) in [5.74, 6) is 3.07. The van der Waals surface area contributed by atoms with Crippen molar-refractivity contribution in [2.45, 2.75) is 51.2 Å². The van der Waals surface area contributed by atoms with Gasteiger partial charge in [0, 0.05) is 19.6 Å². The van der Waals surface area contributed by atoms with Crippen molar-refractivity contribution in [1.82, 2.24) is 4.90 Å². The van der Waals surface area contributed by atoms with Crippen LogP contribution in [0.2, 0.25) is 0 Å². The molecule has 124 valence electrons. The summed E-state index contributed by atoms with van der Waals surface area (Å²) in [6, 6.07) is 10.9. The molecule has 1 atom stereocenters. The molecule has 0 amide bonds. The maximum Gasteiger partial charge on any atom is 0.0759 e. The first-order valence-corrected chi connectivity index (χ1v) is 9.67. The SMILES string of the molecule is c1ccc(CN2CCOC(C34CC5CC(CC(C5)C3)C4)C2)cc1. The maximum atomic E-state index is 6.39. The zero-order valence-electron chi connectivity index (χ0n) is 14.1. The van der Waals surface area contributed by atoms with Gasteiger partial charge in [-0.15, -0.1) is 0 Å². The van der Waals surface area contributed by atoms with Gasteiger partial charge < -0.3 is 4.74 Å². The van der Waals surface area contributed by atoms with E-state index in [0.29, 0.717) is 11.5 Å². The van der Waals surface area contributed by atoms with E-state index < -0.39 is 0 Å². The molecule has 23 heavy (non-hydrogen) atoms. The van der Waals surface area contributed by atoms with Gasteiger partial charge in [-0.1, -0.05) is 30.3 Å². The van der Waals surface area contributed by atoms with E-state index in [2.05, 4.69) is 35.2 Å². The Morgan fingerprint density at radius 2 is 1.61 bits per heavy atom. The average molecular weight is 311 g/mol. The zero-order chi connectivity index (χ0) is 15.3. The van der Waals surface area contributed by atoms with Crippen molar-refractivity contribution in [3.05, 3.63) is 35.9 Å². The standard InChI is InChI=1S/C21H29NO/c1-2-4-16(5-3-1)14-22-6-7-23-20(15-22)21-11-17-8-18(12-21)10-19(9-17)13-21/h1-5,17-20H,6-15H2. The minimum Gasteiger partial charge on any atom is -0.375 e. The van der Waals surface area contributed by atoms with Gasteiger partial charge in [0.15, 0.2) is 0 Å². The maximum absolute atomic E-state index is 6.39. The second-order valence-electron chi connectivity index (χ2n) is 8.86. The second-order valence-corrected chi connectivity index (χ2v) is 8.86. The molecule has 0 N–H and O–H groups in total. The van der Waals surface area contributed by atoms with Gasteiger partial charge >= 0.3 is 0 Å². The van der Waals surface area contributed by atoms with Crippen LogP contribution in [-0.2, 0) is 11.3 Å². The third kappa shape index (κ3) is 2.64. The molecule has 1 aliphatic heterocycles. The van der Waals surface area contributed by atoms with Crippen molar-refractivity contribution in [3.8, 4) is 0 Å². The fourth-order valence-corrected chi connectivity index (χ4v) is 6.63. The summed E-state index contributed by atoms with van der Waals surface area (Å²) >= 11 is 0. The molecule has 1 aromatic carbocycles. The smallest absolute Gasteiger partial charge is 0.0759 e. The molecular weight excluding hydrogens is 282 g/mol. The molecule has 0 aromatic heterocycles. The summed E-state index contributed by atoms with van der Waals surface area (Å²) in [5, 5.41) is 0. The lowest BCUT2D eigenvalue weighted by molar-refractivity contribution is -0.167. The minimum absolute atomic E-state index is 0.494. The summed E-state index contributed by atoms with van der Waals surface area (Å²) < 4.78 is 6.39. The lowest BCUT2D eigenvalue weighted by atomic mass is 9.48. The molecule has 0 spiro atoms. The van der Waals surface area contributed by atoms with E-state index in [1.165, 1.54) is 44.1 Å². The van der Waals surface area contributed by atoms with Crippen molar-refractivity contribution in [2.75, 3.05) is 19.7 Å². The van der Waals surface area contributed by atoms with Crippen LogP contribution in [0, 0.1) is 23.2 Å². The summed E-state index contributed by atoms with van der Waals surface area (Å²) in [5.41, 5.74) is 1.98. The molecule has 1 unspecified atom stereocenters. The van der Waals surface area contributed by atoms with Crippen LogP contribution in [0.25, 0.3) is 0 Å². The molecule has 4 bridgehead atoms. The van der Waals surface area contributed by atoms with E-state index in [-0.39, 0.29) is 0 Å². The van der Waals surface area contributed by atoms with Crippen molar-refractivity contribution in [1.29, 1.82) is 0 Å². The Labute approximate surface area is 140 Å². The Bertz CT molecular complexity index is 519. The van der Waals surface area contributed by atoms with Gasteiger partial charge in [-0.2, -0.15) is 0 Å². The first kappa shape index (κ1) is 14.5. The number of hydrogen-bond donors (Lipinski definition) is 0. The number of morpholine rings is 1. The fraction of sp³-hybridized carbons (Fsp3) is 0.714. The highest BCUT2D eigenvalue weighted by molar-refractivity contribution is 5.15. The second kappa shape index (κ2) is 5.60. The highest BCUT2D eigenvalue weighted by Crippen LogP contribution is 2.62. The molecule has 6 rings (SSSR count). The first-order chi connectivity index (χ1) is 11.3. The molecule has 0 radical (unpaired) electrons. The summed E-state index contributed by atoms with van der Waals surface area (Å²) in [4.78, 5) is 2.64. The fourth-order valence-electron chi connectivity index (χ4n) is 6.63. The van der Waals surface area contributed by atoms with E-state index in [1.807, 2.05) is 0 Å². The molecule has 4 aliphatic carbocycles. The quantitative estimate of drug-likeness (QED) is 0.833. The van der Waals surface area contributed by atoms with Gasteiger partial charge in [0.25, 0.3) is 0 Å². The number of nitrogens with zero attached hydrogens (tertiary/aromatic N) is 1. The molecule has 5 fully saturated rings. The van der Waals surface area contributed by atoms with Crippen molar-refractivity contribution in [2.24, 2.45) is 23.2 Å². The van der Waals surface area contributed by atoms with Gasteiger partial charge in [-0.3, -0.25) is 4.90 Å². The van der Waals surface area contributed by atoms with Crippen LogP contribution in [0.5, 0.6) is 0 Å². The zero-order valence-corrected chi connectivity index (χ0v) is 14.1. The lowest BCUT2D eigenvalue weighted by Crippen LogP contribution is -2.57. The van der Waals surface area contributed by atoms with Gasteiger partial charge in [0.1, 0.15) is 0 Å². The molecule has 2 heteroatoms. The average Bonchev–Trinajstić information content (AvgIpc) is 2.55. The molecule has 1 heterocycles. The molecular formula is C21H29NO. The molecule has 1 aromatic rings. The highest BCUT2D eigenvalue weighted by Gasteiger charge is 2.55. The minimum atomic E-state index is 0.494. The van der Waals surface area contributed by atoms with E-state index in [4.69, 9.17) is 4.74 Å². The van der Waals surface area contributed by atoms with Crippen molar-refractivity contribution in [3.63, 3.8) is 0 Å². The number of hydrogen-bond acceptors (Lipinski definition) is 2. The molecule has 5 aliphatic rings. The van der Waals surface area contributed by atoms with Crippen LogP contribution in [0.15, 0.2) is 30.3 Å². The third-order valence-corrected chi connectivity index (χ3v) is 7.17. The summed E-state index contributed by atoms with van der Waals surface area (Å²) in [6.45, 7) is 4.27. The predicted molar refractivity (Wildman–Crippen MR) is 92.1 cm³/mol. The highest BCUT2D eigenvalue weighted by atomic mass is 16.5. The van der Waals surface area contributed by atoms with Crippen LogP contribution < -0.4 is 0 Å². The third-order valence-electron chi connectivity index (χ3n) is 7.17. The van der Waals surface area contributed by atoms with Crippen molar-refractivity contribution >= 4 is 0 Å². The summed E-state index contributed by atoms with van der Waals surface area (Å²) in [7, 11) is 0. The Hall–Kier alpha value is -0.860. The Morgan fingerprint density at radius 1 is 0.957 bits per heavy atom. The van der Waals surface area contributed by atoms with E-state index in [0.717, 1.165) is 44.0 Å². The van der Waals surface area contributed by atoms with Gasteiger partial charge in [0.05, 0.1) is 12.7 Å². The number of rotatable bonds is 3. The topological polar surface area (TPSA) is 12.5 Å². The first-order valence-electron chi connectivity index (χ1n) is 9.67. The normalized spacial score (nSPS) is 43.0. The predicted octanol–water partition coefficient (Wildman–Crippen LogP) is 4.10. The monoisotopic (exact) mass is 311 g/mol. The number of benzene rings is 1. The largest absolute Gasteiger partial charge is 0.375 e. The molecule has 2 nitrogen and oxygen atoms in total. The van der Waals surface area contributed by atoms with E-state index in [9.17, 15) is 0 Å². The van der Waals surface area contributed by atoms with Crippen molar-refractivity contribution < 1.29 is 4.74 Å². The molecule has 4 saturated carbocycles. The Kier molecular flexibility index (Phi) is 3.52. The van der Waals surface area contributed by atoms with Crippen LogP contribution in [0.4, 0.5) is 0 Å². The van der Waals surface area contributed by atoms with Gasteiger partial charge in [0.2, 0.25) is 0 Å². The van der Waals surface area contributed by atoms with Crippen LogP contribution in [0.1, 0.15) is 44.1 Å². The number of ether oxygens (including phenoxy) is 1. The van der Waals surface area contributed by atoms with Gasteiger partial charge in [-0.25, -0.2) is 0 Å². The van der Waals surface area contributed by atoms with E-state index in [1.54, 1.807) is 0 Å². The molecule has 1 saturated heterocycles. The van der Waals surface area contributed by atoms with Crippen LogP contribution in [-0.4, -0.2) is 30.7 Å². The van der Waals surface area contributed by atoms with E-state index >= 15 is 0 Å². The Morgan fingerprint density at radius 3 is 2.26 bits per heavy atom. The summed E-state index contributed by atoms with van der Waals surface area (Å²) in [6.07, 6.45) is 9.46. The van der Waals surface area contributed by atoms with Gasteiger partial charge in [-0.05, 0) is 67.3 Å². The lowest BCUT2D eigenvalue weighted by Gasteiger charge is -2.60. The van der Waals surface area contributed by atoms with Crippen LogP contribution in [0.3, 0.4) is 0 Å². The van der Waals surface area contributed by atoms with Crippen LogP contribution >= 0.6 is 0 Å². The Balaban J connectivity index is 1.31.